The first-order valence-corrected chi connectivity index (χ1v) is 12.7. The summed E-state index contributed by atoms with van der Waals surface area (Å²) in [6, 6.07) is 6.17. The van der Waals surface area contributed by atoms with E-state index in [1.807, 2.05) is 58.2 Å². The van der Waals surface area contributed by atoms with Crippen LogP contribution < -0.4 is 10.6 Å². The molecule has 3 amide bonds. The number of hydrogen-bond donors (Lipinski definition) is 3. The van der Waals surface area contributed by atoms with Crippen molar-refractivity contribution in [1.82, 2.24) is 15.5 Å². The van der Waals surface area contributed by atoms with Crippen LogP contribution in [-0.2, 0) is 20.9 Å². The van der Waals surface area contributed by atoms with Gasteiger partial charge in [-0.2, -0.15) is 0 Å². The maximum atomic E-state index is 13.6. The number of aliphatic hydroxyl groups excluding tert-OH is 1. The van der Waals surface area contributed by atoms with Crippen LogP contribution >= 0.6 is 0 Å². The molecule has 1 aromatic carbocycles. The van der Waals surface area contributed by atoms with Gasteiger partial charge in [0, 0.05) is 37.8 Å². The van der Waals surface area contributed by atoms with E-state index in [0.29, 0.717) is 6.54 Å². The number of carbonyl (C=O) groups excluding carboxylic acids is 3. The van der Waals surface area contributed by atoms with Crippen molar-refractivity contribution in [3.8, 4) is 0 Å². The van der Waals surface area contributed by atoms with E-state index in [0.717, 1.165) is 23.2 Å². The summed E-state index contributed by atoms with van der Waals surface area (Å²) < 4.78 is 5.35. The summed E-state index contributed by atoms with van der Waals surface area (Å²) in [6.45, 7) is 13.0. The lowest BCUT2D eigenvalue weighted by molar-refractivity contribution is -0.142. The molecular weight excluding hydrogens is 472 g/mol. The summed E-state index contributed by atoms with van der Waals surface area (Å²) in [6.07, 6.45) is 1.31. The second kappa shape index (κ2) is 11.0. The zero-order valence-corrected chi connectivity index (χ0v) is 22.9. The van der Waals surface area contributed by atoms with E-state index in [9.17, 15) is 19.5 Å². The maximum Gasteiger partial charge on any atom is 0.408 e. The number of benzene rings is 1. The fourth-order valence-electron chi connectivity index (χ4n) is 4.50. The summed E-state index contributed by atoms with van der Waals surface area (Å²) in [4.78, 5) is 44.8. The molecule has 0 radical (unpaired) electrons. The number of nitrogens with zero attached hydrogens (tertiary/aromatic N) is 2. The van der Waals surface area contributed by atoms with Crippen molar-refractivity contribution in [2.75, 3.05) is 6.54 Å². The number of hydrogen-bond acceptors (Lipinski definition) is 6. The van der Waals surface area contributed by atoms with E-state index < -0.39 is 41.2 Å². The Hall–Kier alpha value is -3.20. The first kappa shape index (κ1) is 28.4. The van der Waals surface area contributed by atoms with E-state index in [4.69, 9.17) is 4.74 Å². The molecule has 0 bridgehead atoms. The van der Waals surface area contributed by atoms with Crippen molar-refractivity contribution in [3.05, 3.63) is 41.1 Å². The quantitative estimate of drug-likeness (QED) is 0.540. The summed E-state index contributed by atoms with van der Waals surface area (Å²) >= 11 is 0. The van der Waals surface area contributed by atoms with Gasteiger partial charge in [-0.3, -0.25) is 14.6 Å². The number of carbonyl (C=O) groups is 3. The van der Waals surface area contributed by atoms with Crippen molar-refractivity contribution >= 4 is 29.7 Å². The minimum Gasteiger partial charge on any atom is -0.444 e. The van der Waals surface area contributed by atoms with Gasteiger partial charge < -0.3 is 25.4 Å². The highest BCUT2D eigenvalue weighted by Gasteiger charge is 2.44. The summed E-state index contributed by atoms with van der Waals surface area (Å²) in [5.41, 5.74) is 2.86. The zero-order valence-electron chi connectivity index (χ0n) is 22.9. The van der Waals surface area contributed by atoms with Gasteiger partial charge in [0.15, 0.2) is 0 Å². The van der Waals surface area contributed by atoms with Gasteiger partial charge in [-0.05, 0) is 49.8 Å². The van der Waals surface area contributed by atoms with Gasteiger partial charge in [-0.25, -0.2) is 4.79 Å². The van der Waals surface area contributed by atoms with Gasteiger partial charge in [0.2, 0.25) is 11.8 Å². The Bertz CT molecular complexity index is 1080. The van der Waals surface area contributed by atoms with Gasteiger partial charge in [0.05, 0.1) is 6.10 Å². The lowest BCUT2D eigenvalue weighted by Gasteiger charge is -2.35. The highest BCUT2D eigenvalue weighted by molar-refractivity contribution is 5.92. The first-order chi connectivity index (χ1) is 17.2. The number of allylic oxidation sites excluding steroid dienone is 2. The van der Waals surface area contributed by atoms with Crippen molar-refractivity contribution in [2.45, 2.75) is 91.6 Å². The average molecular weight is 513 g/mol. The van der Waals surface area contributed by atoms with Crippen LogP contribution in [-0.4, -0.2) is 64.5 Å². The van der Waals surface area contributed by atoms with Crippen LogP contribution in [0.25, 0.3) is 5.57 Å². The lowest BCUT2D eigenvalue weighted by atomic mass is 9.85. The van der Waals surface area contributed by atoms with Crippen LogP contribution in [0.15, 0.2) is 35.0 Å². The summed E-state index contributed by atoms with van der Waals surface area (Å²) in [5.74, 6) is -0.775. The molecule has 0 aromatic heterocycles. The normalized spacial score (nSPS) is 20.7. The topological polar surface area (TPSA) is 120 Å². The fourth-order valence-corrected chi connectivity index (χ4v) is 4.50. The fraction of sp³-hybridized carbons (Fsp3) is 0.571. The number of alkyl carbamates (subject to hydrolysis) is 1. The monoisotopic (exact) mass is 512 g/mol. The molecule has 3 rings (SSSR count). The van der Waals surface area contributed by atoms with E-state index in [1.54, 1.807) is 20.8 Å². The third-order valence-electron chi connectivity index (χ3n) is 6.43. The predicted octanol–water partition coefficient (Wildman–Crippen LogP) is 3.41. The van der Waals surface area contributed by atoms with Gasteiger partial charge >= 0.3 is 6.09 Å². The van der Waals surface area contributed by atoms with Crippen molar-refractivity contribution in [3.63, 3.8) is 0 Å². The Kier molecular flexibility index (Phi) is 8.47. The number of amides is 3. The first-order valence-electron chi connectivity index (χ1n) is 12.7. The third kappa shape index (κ3) is 7.41. The number of β-amino-alcohol motifs (C(OH)–C–C–N with tert-alkyl or cyclic N) is 1. The number of aliphatic imine (C=N–C) groups is 1. The van der Waals surface area contributed by atoms with Crippen molar-refractivity contribution < 1.29 is 24.2 Å². The molecule has 1 aromatic rings. The molecule has 0 spiro atoms. The molecule has 1 saturated heterocycles. The number of rotatable bonds is 6. The number of aliphatic hydroxyl groups is 1. The molecule has 0 aliphatic carbocycles. The van der Waals surface area contributed by atoms with Crippen molar-refractivity contribution in [1.29, 1.82) is 0 Å². The van der Waals surface area contributed by atoms with Crippen LogP contribution in [0.1, 0.15) is 72.4 Å². The molecular formula is C28H40N4O5. The molecule has 2 aliphatic rings. The number of likely N-dealkylation sites (tertiary alicyclic amines) is 1. The van der Waals surface area contributed by atoms with Crippen LogP contribution in [0.3, 0.4) is 0 Å². The molecule has 3 N–H and O–H groups in total. The Labute approximate surface area is 219 Å². The smallest absolute Gasteiger partial charge is 0.408 e. The highest BCUT2D eigenvalue weighted by Crippen LogP contribution is 2.28. The SMILES string of the molecule is CC1=C(c2ccc(CNC(=O)[C@@H]3C[C@@H](O)CN3C(=O)C(NC(=O)OC(C)(C)C)C(C)(C)C)cc2)CC=N1. The average Bonchev–Trinajstić information content (AvgIpc) is 3.39. The highest BCUT2D eigenvalue weighted by atomic mass is 16.6. The van der Waals surface area contributed by atoms with E-state index >= 15 is 0 Å². The second-order valence-corrected chi connectivity index (χ2v) is 11.8. The third-order valence-corrected chi connectivity index (χ3v) is 6.43. The molecule has 2 heterocycles. The van der Waals surface area contributed by atoms with Crippen LogP contribution in [0.2, 0.25) is 0 Å². The van der Waals surface area contributed by atoms with Crippen LogP contribution in [0, 0.1) is 5.41 Å². The minimum absolute atomic E-state index is 0.0186. The Morgan fingerprint density at radius 2 is 1.78 bits per heavy atom. The van der Waals surface area contributed by atoms with Gasteiger partial charge in [-0.15, -0.1) is 0 Å². The summed E-state index contributed by atoms with van der Waals surface area (Å²) in [7, 11) is 0. The summed E-state index contributed by atoms with van der Waals surface area (Å²) in [5, 5.41) is 15.9. The minimum atomic E-state index is -0.937. The molecule has 3 atom stereocenters. The van der Waals surface area contributed by atoms with Gasteiger partial charge in [0.1, 0.15) is 17.7 Å². The van der Waals surface area contributed by atoms with E-state index in [2.05, 4.69) is 15.6 Å². The molecule has 9 nitrogen and oxygen atoms in total. The molecule has 9 heteroatoms. The molecule has 37 heavy (non-hydrogen) atoms. The molecule has 202 valence electrons. The molecule has 0 saturated carbocycles. The largest absolute Gasteiger partial charge is 0.444 e. The molecule has 2 aliphatic heterocycles. The zero-order chi connectivity index (χ0) is 27.5. The Morgan fingerprint density at radius 3 is 2.32 bits per heavy atom. The van der Waals surface area contributed by atoms with Gasteiger partial charge in [-0.1, -0.05) is 45.0 Å². The van der Waals surface area contributed by atoms with Gasteiger partial charge in [0.25, 0.3) is 0 Å². The standard InChI is InChI=1S/C28H40N4O5/c1-17-21(12-13-29-17)19-10-8-18(9-11-19)15-30-24(34)22-14-20(33)16-32(22)25(35)23(27(2,3)4)31-26(36)37-28(5,6)7/h8-11,13,20,22-23,33H,12,14-16H2,1-7H3,(H,30,34)(H,31,36)/t20-,22+,23?/m1/s1. The van der Waals surface area contributed by atoms with E-state index in [-0.39, 0.29) is 18.9 Å². The number of nitrogens with one attached hydrogen (secondary N) is 2. The van der Waals surface area contributed by atoms with Crippen LogP contribution in [0.5, 0.6) is 0 Å². The molecule has 1 unspecified atom stereocenters. The van der Waals surface area contributed by atoms with E-state index in [1.165, 1.54) is 10.5 Å². The second-order valence-electron chi connectivity index (χ2n) is 11.8. The lowest BCUT2D eigenvalue weighted by Crippen LogP contribution is -2.58. The van der Waals surface area contributed by atoms with Crippen molar-refractivity contribution in [2.24, 2.45) is 10.4 Å². The number of ether oxygens (including phenoxy) is 1. The maximum absolute atomic E-state index is 13.6. The predicted molar refractivity (Wildman–Crippen MR) is 143 cm³/mol. The Morgan fingerprint density at radius 1 is 1.14 bits per heavy atom. The van der Waals surface area contributed by atoms with Crippen LogP contribution in [0.4, 0.5) is 4.79 Å². The molecule has 1 fully saturated rings. The Balaban J connectivity index is 1.67.